The van der Waals surface area contributed by atoms with Gasteiger partial charge in [-0.25, -0.2) is 4.39 Å². The van der Waals surface area contributed by atoms with Crippen molar-refractivity contribution in [3.8, 4) is 0 Å². The molecule has 1 aliphatic heterocycles. The molecule has 0 bridgehead atoms. The van der Waals surface area contributed by atoms with Gasteiger partial charge >= 0.3 is 0 Å². The first kappa shape index (κ1) is 12.5. The molecule has 0 aliphatic carbocycles. The molecule has 3 rings (SSSR count). The number of amides is 1. The number of carbonyl (C=O) groups is 2. The molecule has 1 aliphatic rings. The lowest BCUT2D eigenvalue weighted by Crippen LogP contribution is -2.38. The molecule has 6 heteroatoms. The highest BCUT2D eigenvalue weighted by atomic mass is 19.1. The minimum Gasteiger partial charge on any atom is -0.309 e. The Kier molecular flexibility index (Phi) is 2.67. The normalized spacial score (nSPS) is 17.9. The molecule has 0 saturated heterocycles. The number of rotatable bonds is 1. The number of benzene rings is 1. The van der Waals surface area contributed by atoms with E-state index >= 15 is 0 Å². The van der Waals surface area contributed by atoms with Crippen LogP contribution in [0.1, 0.15) is 27.5 Å². The van der Waals surface area contributed by atoms with Crippen LogP contribution in [0.15, 0.2) is 24.3 Å². The predicted molar refractivity (Wildman–Crippen MR) is 70.1 cm³/mol. The minimum atomic E-state index is -1.21. The number of aromatic nitrogens is 2. The van der Waals surface area contributed by atoms with Gasteiger partial charge in [0.05, 0.1) is 5.69 Å². The van der Waals surface area contributed by atoms with Gasteiger partial charge in [0.25, 0.3) is 5.91 Å². The summed E-state index contributed by atoms with van der Waals surface area (Å²) < 4.78 is 15.0. The summed E-state index contributed by atoms with van der Waals surface area (Å²) in [4.78, 5) is 24.6. The van der Waals surface area contributed by atoms with Crippen LogP contribution in [0.25, 0.3) is 0 Å². The van der Waals surface area contributed by atoms with Crippen molar-refractivity contribution in [2.45, 2.75) is 19.8 Å². The molecule has 0 radical (unpaired) electrons. The Morgan fingerprint density at radius 3 is 2.65 bits per heavy atom. The van der Waals surface area contributed by atoms with E-state index in [1.165, 1.54) is 18.2 Å². The van der Waals surface area contributed by atoms with Crippen molar-refractivity contribution >= 4 is 17.6 Å². The van der Waals surface area contributed by atoms with E-state index in [2.05, 4.69) is 10.4 Å². The molecule has 0 saturated carbocycles. The van der Waals surface area contributed by atoms with Crippen molar-refractivity contribution in [1.82, 2.24) is 9.78 Å². The van der Waals surface area contributed by atoms with Crippen LogP contribution >= 0.6 is 0 Å². The zero-order chi connectivity index (χ0) is 14.4. The van der Waals surface area contributed by atoms with Gasteiger partial charge in [-0.3, -0.25) is 9.59 Å². The summed E-state index contributed by atoms with van der Waals surface area (Å²) in [6.07, 6.45) is 0. The number of fused-ring (bicyclic) bond motifs is 1. The first-order valence-electron chi connectivity index (χ1n) is 6.16. The molecular weight excluding hydrogens is 261 g/mol. The van der Waals surface area contributed by atoms with Crippen LogP contribution in [0, 0.1) is 19.7 Å². The lowest BCUT2D eigenvalue weighted by atomic mass is 9.95. The highest BCUT2D eigenvalue weighted by molar-refractivity contribution is 6.15. The summed E-state index contributed by atoms with van der Waals surface area (Å²) in [5.41, 5.74) is 1.45. The van der Waals surface area contributed by atoms with Crippen molar-refractivity contribution < 1.29 is 14.0 Å². The molecule has 1 aromatic carbocycles. The lowest BCUT2D eigenvalue weighted by molar-refractivity contribution is -0.117. The van der Waals surface area contributed by atoms with Crippen molar-refractivity contribution in [3.63, 3.8) is 0 Å². The molecular formula is C14H12FN3O2. The van der Waals surface area contributed by atoms with Gasteiger partial charge < -0.3 is 5.32 Å². The highest BCUT2D eigenvalue weighted by Gasteiger charge is 2.39. The number of anilines is 1. The van der Waals surface area contributed by atoms with Crippen LogP contribution in [0.2, 0.25) is 0 Å². The second-order valence-corrected chi connectivity index (χ2v) is 4.75. The Balaban J connectivity index is 2.14. The van der Waals surface area contributed by atoms with Crippen LogP contribution in [-0.2, 0) is 4.79 Å². The van der Waals surface area contributed by atoms with Gasteiger partial charge in [-0.05, 0) is 19.9 Å². The molecule has 1 aromatic heterocycles. The highest BCUT2D eigenvalue weighted by Crippen LogP contribution is 2.30. The van der Waals surface area contributed by atoms with E-state index in [0.717, 1.165) is 10.2 Å². The molecule has 1 amide bonds. The molecule has 0 fully saturated rings. The average molecular weight is 273 g/mol. The number of carbonyl (C=O) groups excluding carboxylic acids is 2. The lowest BCUT2D eigenvalue weighted by Gasteiger charge is -2.22. The summed E-state index contributed by atoms with van der Waals surface area (Å²) in [5, 5.41) is 6.73. The monoisotopic (exact) mass is 273 g/mol. The molecule has 2 heterocycles. The van der Waals surface area contributed by atoms with Crippen LogP contribution < -0.4 is 5.32 Å². The van der Waals surface area contributed by atoms with E-state index in [1.807, 2.05) is 0 Å². The molecule has 1 atom stereocenters. The standard InChI is InChI=1S/C14H12FN3O2/c1-7-8(2)17-18-12(7)16-13(19)11(14(18)20)9-5-3-4-6-10(9)15/h3-6,11H,1-2H3,(H,16,19). The Labute approximate surface area is 114 Å². The third-order valence-electron chi connectivity index (χ3n) is 3.54. The van der Waals surface area contributed by atoms with Gasteiger partial charge in [-0.15, -0.1) is 0 Å². The third kappa shape index (κ3) is 1.65. The first-order chi connectivity index (χ1) is 9.50. The smallest absolute Gasteiger partial charge is 0.265 e. The van der Waals surface area contributed by atoms with Crippen LogP contribution in [0.3, 0.4) is 0 Å². The Hall–Kier alpha value is -2.50. The fourth-order valence-electron chi connectivity index (χ4n) is 2.32. The molecule has 1 unspecified atom stereocenters. The molecule has 5 nitrogen and oxygen atoms in total. The molecule has 102 valence electrons. The van der Waals surface area contributed by atoms with E-state index < -0.39 is 23.5 Å². The van der Waals surface area contributed by atoms with E-state index in [4.69, 9.17) is 0 Å². The fourth-order valence-corrected chi connectivity index (χ4v) is 2.32. The minimum absolute atomic E-state index is 0.0615. The van der Waals surface area contributed by atoms with E-state index in [0.29, 0.717) is 11.5 Å². The summed E-state index contributed by atoms with van der Waals surface area (Å²) in [5.74, 6) is -2.49. The molecule has 2 aromatic rings. The topological polar surface area (TPSA) is 64.0 Å². The van der Waals surface area contributed by atoms with Crippen molar-refractivity contribution in [3.05, 3.63) is 46.9 Å². The number of hydrogen-bond acceptors (Lipinski definition) is 3. The SMILES string of the molecule is Cc1nn2c(c1C)NC(=O)C(c1ccccc1F)C2=O. The summed E-state index contributed by atoms with van der Waals surface area (Å²) in [6.45, 7) is 3.52. The third-order valence-corrected chi connectivity index (χ3v) is 3.54. The van der Waals surface area contributed by atoms with Gasteiger partial charge in [0.1, 0.15) is 17.6 Å². The zero-order valence-electron chi connectivity index (χ0n) is 11.0. The van der Waals surface area contributed by atoms with E-state index in [1.54, 1.807) is 19.9 Å². The summed E-state index contributed by atoms with van der Waals surface area (Å²) in [7, 11) is 0. The van der Waals surface area contributed by atoms with Crippen LogP contribution in [0.5, 0.6) is 0 Å². The van der Waals surface area contributed by atoms with Gasteiger partial charge in [-0.2, -0.15) is 9.78 Å². The molecule has 1 N–H and O–H groups in total. The largest absolute Gasteiger partial charge is 0.309 e. The maximum absolute atomic E-state index is 13.8. The Bertz CT molecular complexity index is 736. The second-order valence-electron chi connectivity index (χ2n) is 4.75. The quantitative estimate of drug-likeness (QED) is 0.808. The zero-order valence-corrected chi connectivity index (χ0v) is 11.0. The van der Waals surface area contributed by atoms with Gasteiger partial charge in [-0.1, -0.05) is 18.2 Å². The second kappa shape index (κ2) is 4.26. The van der Waals surface area contributed by atoms with E-state index in [9.17, 15) is 14.0 Å². The Morgan fingerprint density at radius 2 is 1.95 bits per heavy atom. The molecule has 20 heavy (non-hydrogen) atoms. The fraction of sp³-hybridized carbons (Fsp3) is 0.214. The van der Waals surface area contributed by atoms with Crippen LogP contribution in [-0.4, -0.2) is 21.6 Å². The number of aryl methyl sites for hydroxylation is 1. The van der Waals surface area contributed by atoms with Gasteiger partial charge in [0.2, 0.25) is 5.91 Å². The van der Waals surface area contributed by atoms with Gasteiger partial charge in [0, 0.05) is 11.1 Å². The van der Waals surface area contributed by atoms with Crippen molar-refractivity contribution in [2.75, 3.05) is 5.32 Å². The van der Waals surface area contributed by atoms with Crippen molar-refractivity contribution in [2.24, 2.45) is 0 Å². The van der Waals surface area contributed by atoms with Crippen molar-refractivity contribution in [1.29, 1.82) is 0 Å². The number of hydrogen-bond donors (Lipinski definition) is 1. The molecule has 0 spiro atoms. The predicted octanol–water partition coefficient (Wildman–Crippen LogP) is 2.02. The number of nitrogens with zero attached hydrogens (tertiary/aromatic N) is 2. The maximum atomic E-state index is 13.8. The summed E-state index contributed by atoms with van der Waals surface area (Å²) >= 11 is 0. The van der Waals surface area contributed by atoms with Crippen LogP contribution in [0.4, 0.5) is 10.2 Å². The average Bonchev–Trinajstić information content (AvgIpc) is 2.69. The Morgan fingerprint density at radius 1 is 1.25 bits per heavy atom. The number of nitrogens with one attached hydrogen (secondary N) is 1. The summed E-state index contributed by atoms with van der Waals surface area (Å²) in [6, 6.07) is 5.77. The number of halogens is 1. The first-order valence-corrected chi connectivity index (χ1v) is 6.16. The maximum Gasteiger partial charge on any atom is 0.265 e. The van der Waals surface area contributed by atoms with Gasteiger partial charge in [0.15, 0.2) is 0 Å². The van der Waals surface area contributed by atoms with E-state index in [-0.39, 0.29) is 5.56 Å².